The number of rotatable bonds is 59. The Bertz CT molecular complexity index is 4180. The van der Waals surface area contributed by atoms with Crippen molar-refractivity contribution in [3.8, 4) is 11.5 Å². The third kappa shape index (κ3) is 38.5. The molecule has 2 aromatic rings. The number of carbonyl (C=O) groups is 17. The van der Waals surface area contributed by atoms with Crippen molar-refractivity contribution in [1.82, 2.24) is 84.7 Å². The Labute approximate surface area is 769 Å². The van der Waals surface area contributed by atoms with Gasteiger partial charge in [0, 0.05) is 42.9 Å². The number of thiol groups is 2. The maximum Gasteiger partial charge on any atom is 0.326 e. The molecular weight excluding hydrogens is 1760 g/mol. The first-order chi connectivity index (χ1) is 61.6. The zero-order valence-electron chi connectivity index (χ0n) is 74.5. The molecular formula is C81H135N25O23S2. The van der Waals surface area contributed by atoms with Crippen molar-refractivity contribution in [3.05, 3.63) is 59.7 Å². The number of carboxylic acids is 1. The van der Waals surface area contributed by atoms with Gasteiger partial charge in [-0.2, -0.15) is 25.3 Å². The zero-order chi connectivity index (χ0) is 98.9. The Balaban J connectivity index is 1.91. The van der Waals surface area contributed by atoms with Crippen LogP contribution in [0.25, 0.3) is 0 Å². The first-order valence-electron chi connectivity index (χ1n) is 42.9. The fourth-order valence-corrected chi connectivity index (χ4v) is 13.8. The summed E-state index contributed by atoms with van der Waals surface area (Å²) in [6.07, 6.45) is -5.99. The third-order valence-corrected chi connectivity index (χ3v) is 21.8. The van der Waals surface area contributed by atoms with Crippen LogP contribution in [0.2, 0.25) is 0 Å². The average molecular weight is 1890 g/mol. The van der Waals surface area contributed by atoms with Crippen LogP contribution in [0.5, 0.6) is 11.5 Å². The molecule has 19 atom stereocenters. The summed E-state index contributed by atoms with van der Waals surface area (Å²) >= 11 is 8.78. The average Bonchev–Trinajstić information content (AvgIpc) is 1.72. The van der Waals surface area contributed by atoms with E-state index in [1.807, 2.05) is 0 Å². The van der Waals surface area contributed by atoms with E-state index in [9.17, 15) is 112 Å². The Morgan fingerprint density at radius 3 is 1.27 bits per heavy atom. The molecule has 0 saturated carbocycles. The van der Waals surface area contributed by atoms with Crippen molar-refractivity contribution in [2.45, 2.75) is 252 Å². The number of aliphatic hydroxyl groups excluding tert-OH is 3. The second-order valence-electron chi connectivity index (χ2n) is 32.7. The number of carbonyl (C=O) groups excluding carboxylic acids is 16. The molecule has 50 heteroatoms. The third-order valence-electron chi connectivity index (χ3n) is 21.2. The Morgan fingerprint density at radius 1 is 0.489 bits per heavy atom. The molecule has 38 N–H and O–H groups in total. The van der Waals surface area contributed by atoms with Gasteiger partial charge in [-0.15, -0.1) is 0 Å². The highest BCUT2D eigenvalue weighted by Crippen LogP contribution is 2.25. The van der Waals surface area contributed by atoms with Crippen LogP contribution < -0.4 is 126 Å². The smallest absolute Gasteiger partial charge is 0.326 e. The predicted octanol–water partition coefficient (Wildman–Crippen LogP) is -10.6. The highest BCUT2D eigenvalue weighted by atomic mass is 32.1. The summed E-state index contributed by atoms with van der Waals surface area (Å²) in [7, 11) is 0. The molecule has 0 radical (unpaired) electrons. The summed E-state index contributed by atoms with van der Waals surface area (Å²) in [6.45, 7) is 8.22. The van der Waals surface area contributed by atoms with Crippen LogP contribution in [0.4, 0.5) is 0 Å². The van der Waals surface area contributed by atoms with E-state index in [-0.39, 0.29) is 133 Å². The number of guanidine groups is 1. The van der Waals surface area contributed by atoms with Gasteiger partial charge in [0.2, 0.25) is 94.5 Å². The molecule has 0 bridgehead atoms. The van der Waals surface area contributed by atoms with Gasteiger partial charge in [-0.05, 0) is 159 Å². The monoisotopic (exact) mass is 1890 g/mol. The molecule has 48 nitrogen and oxygen atoms in total. The van der Waals surface area contributed by atoms with Gasteiger partial charge in [0.15, 0.2) is 5.96 Å². The molecule has 3 rings (SSSR count). The first-order valence-corrected chi connectivity index (χ1v) is 44.0. The number of β-amino-alcohol motifs (C(OH)–C–C–N with tert-alkyl or cyclic N) is 1. The van der Waals surface area contributed by atoms with E-state index in [1.54, 1.807) is 27.7 Å². The predicted molar refractivity (Wildman–Crippen MR) is 483 cm³/mol. The van der Waals surface area contributed by atoms with E-state index in [2.05, 4.69) is 105 Å². The van der Waals surface area contributed by atoms with Crippen molar-refractivity contribution in [2.75, 3.05) is 58.2 Å². The van der Waals surface area contributed by atoms with Gasteiger partial charge in [-0.25, -0.2) is 4.79 Å². The molecule has 16 amide bonds. The number of carboxylic acid groups (broad SMARTS) is 1. The fourth-order valence-electron chi connectivity index (χ4n) is 13.4. The molecule has 734 valence electrons. The topological polar surface area (TPSA) is 827 Å². The lowest BCUT2D eigenvalue weighted by atomic mass is 9.95. The van der Waals surface area contributed by atoms with Crippen molar-refractivity contribution in [3.63, 3.8) is 0 Å². The molecule has 0 aliphatic carbocycles. The van der Waals surface area contributed by atoms with Gasteiger partial charge in [-0.3, -0.25) is 82.1 Å². The van der Waals surface area contributed by atoms with E-state index in [0.29, 0.717) is 17.5 Å². The van der Waals surface area contributed by atoms with Crippen molar-refractivity contribution in [1.29, 1.82) is 5.41 Å². The second-order valence-corrected chi connectivity index (χ2v) is 34.2. The summed E-state index contributed by atoms with van der Waals surface area (Å²) in [5.41, 5.74) is 47.4. The molecule has 1 aliphatic rings. The number of amides is 16. The number of hydrogen-bond acceptors (Lipinski definition) is 31. The molecule has 1 heterocycles. The van der Waals surface area contributed by atoms with Gasteiger partial charge < -0.3 is 161 Å². The van der Waals surface area contributed by atoms with E-state index < -0.39 is 252 Å². The fraction of sp³-hybridized carbons (Fsp3) is 0.630. The minimum atomic E-state index is -1.98. The van der Waals surface area contributed by atoms with Gasteiger partial charge >= 0.3 is 5.97 Å². The van der Waals surface area contributed by atoms with Crippen LogP contribution in [0, 0.1) is 17.2 Å². The zero-order valence-corrected chi connectivity index (χ0v) is 76.3. The number of nitrogens with one attached hydrogen (secondary N) is 16. The molecule has 131 heavy (non-hydrogen) atoms. The second kappa shape index (κ2) is 57.1. The highest BCUT2D eigenvalue weighted by molar-refractivity contribution is 7.81. The molecule has 1 aliphatic heterocycles. The Morgan fingerprint density at radius 2 is 0.863 bits per heavy atom. The molecule has 1 saturated heterocycles. The lowest BCUT2D eigenvalue weighted by molar-refractivity contribution is -0.142. The van der Waals surface area contributed by atoms with E-state index >= 15 is 0 Å². The number of aromatic hydroxyl groups is 2. The van der Waals surface area contributed by atoms with Crippen LogP contribution in [-0.4, -0.2) is 314 Å². The van der Waals surface area contributed by atoms with Crippen LogP contribution in [0.3, 0.4) is 0 Å². The number of benzene rings is 2. The number of likely N-dealkylation sites (tertiary alicyclic amines) is 1. The quantitative estimate of drug-likeness (QED) is 0.0127. The van der Waals surface area contributed by atoms with Crippen molar-refractivity contribution in [2.24, 2.45) is 57.7 Å². The number of aliphatic carboxylic acids is 1. The molecule has 1 fully saturated rings. The van der Waals surface area contributed by atoms with E-state index in [0.717, 1.165) is 11.8 Å². The lowest BCUT2D eigenvalue weighted by Crippen LogP contribution is -2.64. The Hall–Kier alpha value is -11.4. The van der Waals surface area contributed by atoms with Crippen LogP contribution in [-0.2, 0) is 94.3 Å². The highest BCUT2D eigenvalue weighted by Gasteiger charge is 2.46. The molecule has 0 spiro atoms. The maximum absolute atomic E-state index is 14.8. The van der Waals surface area contributed by atoms with Gasteiger partial charge in [-0.1, -0.05) is 58.4 Å². The molecule has 0 unspecified atom stereocenters. The van der Waals surface area contributed by atoms with E-state index in [1.165, 1.54) is 62.4 Å². The number of phenolic OH excluding ortho intramolecular Hbond substituents is 2. The standard InChI is InChI=1S/C81H135N25O23S2/c1-8-40(4)61(103-74(123)58-34-46(111)36-106(58)78(127)60(88)39(2)3)75(124)105-63(81(6,7)131)77(126)99-53(32-42-14-18-44(109)19-15-42)70(119)95-49(22-27-83)67(116)98-54(35-59(87)112)71(120)93-48(13-11-31-91-80(89)90)64(113)94-52(25-30-86)69(118)104-62(41(5)108)76(125)97-51(24-29-85)66(115)92-47(12-9-10-26-82)65(114)101-56(37-107)72(121)96-50(23-28-84)68(117)102-57(38-130)73(122)100-55(79(128)129)33-43-16-20-45(110)21-17-43/h14-21,39-41,46-58,60-63,107-111,130-131H,8-13,22-38,82-86,88H2,1-7H3,(H2,87,112)(H,92,115)(H,93,120)(H,94,113)(H,95,119)(H,96,121)(H,97,125)(H,98,116)(H,99,126)(H,100,122)(H,101,114)(H,102,117)(H,103,123)(H,104,118)(H,105,124)(H,128,129)(H4,89,90,91)/t40-,41+,46+,47-,48-,49-,50-,51+,52-,53-,54-,55-,56-,57-,58-,60-,61-,62-,63+/m0/s1. The number of hydrogen-bond donors (Lipinski definition) is 32. The minimum absolute atomic E-state index is 0.0824. The summed E-state index contributed by atoms with van der Waals surface area (Å²) in [5.74, 6) is -20.5. The van der Waals surface area contributed by atoms with Crippen LogP contribution in [0.15, 0.2) is 48.5 Å². The number of nitrogens with two attached hydrogens (primary N) is 8. The van der Waals surface area contributed by atoms with Gasteiger partial charge in [0.05, 0.1) is 31.3 Å². The van der Waals surface area contributed by atoms with Crippen LogP contribution in [0.1, 0.15) is 137 Å². The van der Waals surface area contributed by atoms with Crippen LogP contribution >= 0.6 is 25.3 Å². The Kier molecular flexibility index (Phi) is 49.6. The SMILES string of the molecule is CC[C@H](C)[C@H](NC(=O)[C@@H]1C[C@@H](O)CN1C(=O)[C@@H](N)C(C)C)C(=O)N[C@H](C(=O)N[C@@H](Cc1ccc(O)cc1)C(=O)N[C@@H](CCN)C(=O)N[C@@H](CC(N)=O)C(=O)N[C@@H](CCCNC(=N)N)C(=O)N[C@@H](CCN)C(=O)N[C@H](C(=O)N[C@H](CCN)C(=O)N[C@@H](CCCCN)C(=O)N[C@@H](CO)C(=O)N[C@@H](CCN)C(=O)N[C@@H](CS)C(=O)N[C@@H](Cc1ccc(O)cc1)C(=O)O)[C@@H](C)O)C(C)(C)S. The summed E-state index contributed by atoms with van der Waals surface area (Å²) in [5, 5.41) is 106. The summed E-state index contributed by atoms with van der Waals surface area (Å²) in [4.78, 5) is 239. The van der Waals surface area contributed by atoms with Crippen molar-refractivity contribution >= 4 is 132 Å². The van der Waals surface area contributed by atoms with Gasteiger partial charge in [0.1, 0.15) is 102 Å². The number of unbranched alkanes of at least 4 members (excludes halogenated alkanes) is 1. The van der Waals surface area contributed by atoms with E-state index in [4.69, 9.17) is 51.3 Å². The minimum Gasteiger partial charge on any atom is -0.508 e. The summed E-state index contributed by atoms with van der Waals surface area (Å²) in [6, 6.07) is -14.7. The molecule has 0 aromatic heterocycles. The molecule has 2 aromatic carbocycles. The number of primary amides is 1. The number of aliphatic hydroxyl groups is 3. The van der Waals surface area contributed by atoms with Gasteiger partial charge in [0.25, 0.3) is 0 Å². The van der Waals surface area contributed by atoms with Crippen molar-refractivity contribution < 1.29 is 112 Å². The first kappa shape index (κ1) is 114. The summed E-state index contributed by atoms with van der Waals surface area (Å²) < 4.78 is -1.46. The maximum atomic E-state index is 14.8. The lowest BCUT2D eigenvalue weighted by Gasteiger charge is -2.34. The number of nitrogens with zero attached hydrogens (tertiary/aromatic N) is 1. The normalized spacial score (nSPS) is 17.0. The largest absolute Gasteiger partial charge is 0.508 e. The number of phenols is 2.